The summed E-state index contributed by atoms with van der Waals surface area (Å²) < 4.78 is 16.2. The van der Waals surface area contributed by atoms with Crippen molar-refractivity contribution in [2.24, 2.45) is 0 Å². The van der Waals surface area contributed by atoms with E-state index in [1.165, 1.54) is 11.3 Å². The number of aryl methyl sites for hydroxylation is 1. The molecule has 1 aromatic carbocycles. The summed E-state index contributed by atoms with van der Waals surface area (Å²) in [5, 5.41) is 11.2. The number of carboxylic acids is 1. The second kappa shape index (κ2) is 7.65. The van der Waals surface area contributed by atoms with Crippen molar-refractivity contribution < 1.29 is 24.1 Å². The van der Waals surface area contributed by atoms with E-state index in [1.54, 1.807) is 25.7 Å². The molecule has 0 amide bonds. The SMILES string of the molecule is COc1cccc(OCCCc2nc(C(=O)O)cs2)c1OC. The van der Waals surface area contributed by atoms with E-state index in [-0.39, 0.29) is 5.69 Å². The lowest BCUT2D eigenvalue weighted by Gasteiger charge is -2.13. The first-order chi connectivity index (χ1) is 10.7. The zero-order valence-corrected chi connectivity index (χ0v) is 13.2. The van der Waals surface area contributed by atoms with Crippen LogP contribution in [0, 0.1) is 0 Å². The molecule has 0 aliphatic rings. The largest absolute Gasteiger partial charge is 0.493 e. The van der Waals surface area contributed by atoms with Gasteiger partial charge in [-0.25, -0.2) is 9.78 Å². The van der Waals surface area contributed by atoms with Crippen LogP contribution in [0.5, 0.6) is 17.2 Å². The van der Waals surface area contributed by atoms with Crippen molar-refractivity contribution in [3.8, 4) is 17.2 Å². The summed E-state index contributed by atoms with van der Waals surface area (Å²) in [5.41, 5.74) is 0.0929. The number of ether oxygens (including phenoxy) is 3. The minimum absolute atomic E-state index is 0.0929. The average Bonchev–Trinajstić information content (AvgIpc) is 3.00. The van der Waals surface area contributed by atoms with Crippen LogP contribution >= 0.6 is 11.3 Å². The Balaban J connectivity index is 1.87. The normalized spacial score (nSPS) is 10.3. The van der Waals surface area contributed by atoms with Gasteiger partial charge in [0.05, 0.1) is 25.8 Å². The van der Waals surface area contributed by atoms with Gasteiger partial charge in [0.2, 0.25) is 5.75 Å². The smallest absolute Gasteiger partial charge is 0.355 e. The number of hydrogen-bond donors (Lipinski definition) is 1. The number of nitrogens with zero attached hydrogens (tertiary/aromatic N) is 1. The Morgan fingerprint density at radius 2 is 2.05 bits per heavy atom. The van der Waals surface area contributed by atoms with E-state index in [0.717, 1.165) is 11.4 Å². The molecule has 7 heteroatoms. The molecular weight excluding hydrogens is 306 g/mol. The van der Waals surface area contributed by atoms with Gasteiger partial charge >= 0.3 is 5.97 Å². The molecule has 6 nitrogen and oxygen atoms in total. The van der Waals surface area contributed by atoms with Crippen LogP contribution in [0.25, 0.3) is 0 Å². The first-order valence-corrected chi connectivity index (χ1v) is 7.55. The van der Waals surface area contributed by atoms with Gasteiger partial charge < -0.3 is 19.3 Å². The molecule has 0 unspecified atom stereocenters. The average molecular weight is 323 g/mol. The van der Waals surface area contributed by atoms with Gasteiger partial charge in [0.25, 0.3) is 0 Å². The quantitative estimate of drug-likeness (QED) is 0.753. The maximum atomic E-state index is 10.8. The minimum atomic E-state index is -1.00. The number of para-hydroxylation sites is 1. The van der Waals surface area contributed by atoms with Gasteiger partial charge in [-0.2, -0.15) is 0 Å². The van der Waals surface area contributed by atoms with Crippen LogP contribution < -0.4 is 14.2 Å². The summed E-state index contributed by atoms with van der Waals surface area (Å²) >= 11 is 1.35. The van der Waals surface area contributed by atoms with E-state index in [1.807, 2.05) is 12.1 Å². The predicted molar refractivity (Wildman–Crippen MR) is 82.4 cm³/mol. The number of aromatic carboxylic acids is 1. The first-order valence-electron chi connectivity index (χ1n) is 6.67. The summed E-state index contributed by atoms with van der Waals surface area (Å²) in [4.78, 5) is 14.8. The number of thiazole rings is 1. The van der Waals surface area contributed by atoms with Crippen molar-refractivity contribution in [2.75, 3.05) is 20.8 Å². The number of carboxylic acid groups (broad SMARTS) is 1. The van der Waals surface area contributed by atoms with Crippen molar-refractivity contribution in [2.45, 2.75) is 12.8 Å². The Morgan fingerprint density at radius 3 is 2.68 bits per heavy atom. The fraction of sp³-hybridized carbons (Fsp3) is 0.333. The molecule has 0 radical (unpaired) electrons. The third-order valence-electron chi connectivity index (χ3n) is 2.93. The van der Waals surface area contributed by atoms with Gasteiger partial charge in [-0.05, 0) is 18.6 Å². The van der Waals surface area contributed by atoms with Crippen LogP contribution in [0.3, 0.4) is 0 Å². The predicted octanol–water partition coefficient (Wildman–Crippen LogP) is 2.87. The highest BCUT2D eigenvalue weighted by molar-refractivity contribution is 7.09. The Labute approximate surface area is 132 Å². The van der Waals surface area contributed by atoms with Crippen LogP contribution in [0.1, 0.15) is 21.9 Å². The second-order valence-electron chi connectivity index (χ2n) is 4.38. The van der Waals surface area contributed by atoms with Gasteiger partial charge in [0.15, 0.2) is 17.2 Å². The molecule has 0 bridgehead atoms. The van der Waals surface area contributed by atoms with Crippen LogP contribution in [0.15, 0.2) is 23.6 Å². The summed E-state index contributed by atoms with van der Waals surface area (Å²) in [7, 11) is 3.14. The number of rotatable bonds is 8. The van der Waals surface area contributed by atoms with Crippen molar-refractivity contribution in [1.29, 1.82) is 0 Å². The summed E-state index contributed by atoms with van der Waals surface area (Å²) in [6.07, 6.45) is 1.40. The Morgan fingerprint density at radius 1 is 1.27 bits per heavy atom. The molecule has 0 spiro atoms. The number of hydrogen-bond acceptors (Lipinski definition) is 6. The maximum Gasteiger partial charge on any atom is 0.355 e. The van der Waals surface area contributed by atoms with Crippen LogP contribution in [-0.2, 0) is 6.42 Å². The van der Waals surface area contributed by atoms with E-state index < -0.39 is 5.97 Å². The number of aromatic nitrogens is 1. The third kappa shape index (κ3) is 3.88. The standard InChI is InChI=1S/C15H17NO5S/c1-19-11-5-3-6-12(14(11)20-2)21-8-4-7-13-16-10(9-22-13)15(17)18/h3,5-6,9H,4,7-8H2,1-2H3,(H,17,18). The highest BCUT2D eigenvalue weighted by Crippen LogP contribution is 2.36. The lowest BCUT2D eigenvalue weighted by atomic mass is 10.3. The molecule has 0 atom stereocenters. The Bertz CT molecular complexity index is 641. The maximum absolute atomic E-state index is 10.8. The van der Waals surface area contributed by atoms with Crippen molar-refractivity contribution in [3.05, 3.63) is 34.3 Å². The fourth-order valence-electron chi connectivity index (χ4n) is 1.90. The summed E-state index contributed by atoms with van der Waals surface area (Å²) in [6, 6.07) is 5.44. The lowest BCUT2D eigenvalue weighted by Crippen LogP contribution is -2.02. The molecule has 2 rings (SSSR count). The third-order valence-corrected chi connectivity index (χ3v) is 3.84. The van der Waals surface area contributed by atoms with Gasteiger partial charge in [0.1, 0.15) is 0 Å². The number of carbonyl (C=O) groups is 1. The van der Waals surface area contributed by atoms with Crippen LogP contribution in [-0.4, -0.2) is 36.9 Å². The van der Waals surface area contributed by atoms with Gasteiger partial charge in [0, 0.05) is 11.8 Å². The van der Waals surface area contributed by atoms with E-state index in [9.17, 15) is 4.79 Å². The molecule has 0 aliphatic carbocycles. The van der Waals surface area contributed by atoms with Crippen LogP contribution in [0.2, 0.25) is 0 Å². The van der Waals surface area contributed by atoms with Crippen molar-refractivity contribution in [3.63, 3.8) is 0 Å². The van der Waals surface area contributed by atoms with E-state index in [0.29, 0.717) is 30.3 Å². The van der Waals surface area contributed by atoms with E-state index >= 15 is 0 Å². The zero-order chi connectivity index (χ0) is 15.9. The highest BCUT2D eigenvalue weighted by Gasteiger charge is 2.11. The molecule has 0 aliphatic heterocycles. The van der Waals surface area contributed by atoms with E-state index in [2.05, 4.69) is 4.98 Å². The van der Waals surface area contributed by atoms with Gasteiger partial charge in [-0.15, -0.1) is 11.3 Å². The van der Waals surface area contributed by atoms with Gasteiger partial charge in [-0.3, -0.25) is 0 Å². The molecule has 22 heavy (non-hydrogen) atoms. The topological polar surface area (TPSA) is 77.9 Å². The number of methoxy groups -OCH3 is 2. The second-order valence-corrected chi connectivity index (χ2v) is 5.32. The molecule has 1 aromatic heterocycles. The molecule has 0 saturated carbocycles. The molecular formula is C15H17NO5S. The minimum Gasteiger partial charge on any atom is -0.493 e. The number of benzene rings is 1. The molecule has 0 saturated heterocycles. The summed E-state index contributed by atoms with van der Waals surface area (Å²) in [6.45, 7) is 0.478. The molecule has 2 aromatic rings. The highest BCUT2D eigenvalue weighted by atomic mass is 32.1. The molecule has 1 heterocycles. The summed E-state index contributed by atoms with van der Waals surface area (Å²) in [5.74, 6) is 0.797. The first kappa shape index (κ1) is 16.1. The van der Waals surface area contributed by atoms with Crippen molar-refractivity contribution >= 4 is 17.3 Å². The van der Waals surface area contributed by atoms with Crippen molar-refractivity contribution in [1.82, 2.24) is 4.98 Å². The fourth-order valence-corrected chi connectivity index (χ4v) is 2.72. The molecule has 0 fully saturated rings. The lowest BCUT2D eigenvalue weighted by molar-refractivity contribution is 0.0691. The van der Waals surface area contributed by atoms with Gasteiger partial charge in [-0.1, -0.05) is 6.07 Å². The Hall–Kier alpha value is -2.28. The van der Waals surface area contributed by atoms with Crippen LogP contribution in [0.4, 0.5) is 0 Å². The monoisotopic (exact) mass is 323 g/mol. The van der Waals surface area contributed by atoms with E-state index in [4.69, 9.17) is 19.3 Å². The molecule has 118 valence electrons. The molecule has 1 N–H and O–H groups in total. The Kier molecular flexibility index (Phi) is 5.60. The zero-order valence-electron chi connectivity index (χ0n) is 12.4.